The van der Waals surface area contributed by atoms with Crippen LogP contribution < -0.4 is 14.9 Å². The van der Waals surface area contributed by atoms with Gasteiger partial charge in [0, 0.05) is 6.20 Å². The first-order valence-electron chi connectivity index (χ1n) is 9.73. The van der Waals surface area contributed by atoms with Gasteiger partial charge in [0.2, 0.25) is 0 Å². The third-order valence-corrected chi connectivity index (χ3v) is 4.87. The summed E-state index contributed by atoms with van der Waals surface area (Å²) in [5.41, 5.74) is 4.68. The maximum Gasteiger partial charge on any atom is 0.417 e. The average Bonchev–Trinajstić information content (AvgIpc) is 2.73. The fourth-order valence-electron chi connectivity index (χ4n) is 2.82. The molecule has 3 rings (SSSR count). The molecule has 9 heteroatoms. The van der Waals surface area contributed by atoms with Crippen LogP contribution >= 0.6 is 15.9 Å². The van der Waals surface area contributed by atoms with Gasteiger partial charge in [-0.2, -0.15) is 18.3 Å². The number of alkyl halides is 3. The minimum atomic E-state index is -4.43. The molecule has 32 heavy (non-hydrogen) atoms. The molecule has 168 valence electrons. The van der Waals surface area contributed by atoms with Crippen molar-refractivity contribution >= 4 is 28.0 Å². The number of nitrogens with one attached hydrogen (secondary N) is 1. The molecule has 0 amide bonds. The van der Waals surface area contributed by atoms with Gasteiger partial charge in [0.05, 0.1) is 22.9 Å². The highest BCUT2D eigenvalue weighted by atomic mass is 79.9. The first kappa shape index (κ1) is 23.6. The molecule has 1 N–H and O–H groups in total. The third-order valence-electron chi connectivity index (χ3n) is 4.28. The van der Waals surface area contributed by atoms with E-state index in [2.05, 4.69) is 37.5 Å². The number of pyridine rings is 1. The molecule has 0 spiro atoms. The fraction of sp³-hybridized carbons (Fsp3) is 0.217. The average molecular weight is 508 g/mol. The summed E-state index contributed by atoms with van der Waals surface area (Å²) in [4.78, 5) is 3.72. The van der Waals surface area contributed by atoms with Gasteiger partial charge in [-0.25, -0.2) is 4.98 Å². The van der Waals surface area contributed by atoms with Crippen molar-refractivity contribution in [3.63, 3.8) is 0 Å². The van der Waals surface area contributed by atoms with E-state index in [0.29, 0.717) is 34.7 Å². The number of ether oxygens (including phenoxy) is 2. The molecule has 0 bridgehead atoms. The van der Waals surface area contributed by atoms with Crippen molar-refractivity contribution in [3.8, 4) is 11.5 Å². The lowest BCUT2D eigenvalue weighted by Crippen LogP contribution is -2.05. The van der Waals surface area contributed by atoms with Gasteiger partial charge in [-0.3, -0.25) is 5.43 Å². The largest absolute Gasteiger partial charge is 0.490 e. The second-order valence-corrected chi connectivity index (χ2v) is 7.69. The van der Waals surface area contributed by atoms with Crippen molar-refractivity contribution < 1.29 is 22.6 Å². The monoisotopic (exact) mass is 507 g/mol. The molecule has 3 aromatic rings. The predicted octanol–water partition coefficient (Wildman–Crippen LogP) is 6.60. The summed E-state index contributed by atoms with van der Waals surface area (Å²) < 4.78 is 50.3. The number of hydrazone groups is 1. The van der Waals surface area contributed by atoms with Gasteiger partial charge in [0.15, 0.2) is 11.5 Å². The maximum absolute atomic E-state index is 12.6. The van der Waals surface area contributed by atoms with Crippen molar-refractivity contribution in [2.45, 2.75) is 26.6 Å². The van der Waals surface area contributed by atoms with E-state index in [1.54, 1.807) is 12.1 Å². The highest BCUT2D eigenvalue weighted by molar-refractivity contribution is 9.10. The van der Waals surface area contributed by atoms with Crippen LogP contribution in [0, 0.1) is 6.92 Å². The molecule has 0 radical (unpaired) electrons. The highest BCUT2D eigenvalue weighted by Crippen LogP contribution is 2.37. The zero-order chi connectivity index (χ0) is 23.1. The summed E-state index contributed by atoms with van der Waals surface area (Å²) in [7, 11) is 0. The first-order valence-corrected chi connectivity index (χ1v) is 10.5. The van der Waals surface area contributed by atoms with E-state index in [1.807, 2.05) is 32.0 Å². The van der Waals surface area contributed by atoms with Crippen molar-refractivity contribution in [2.75, 3.05) is 12.0 Å². The van der Waals surface area contributed by atoms with Crippen LogP contribution in [0.2, 0.25) is 0 Å². The molecular formula is C23H21BrF3N3O2. The number of hydrogen-bond acceptors (Lipinski definition) is 5. The number of hydrogen-bond donors (Lipinski definition) is 1. The fourth-order valence-corrected chi connectivity index (χ4v) is 3.40. The SMILES string of the molecule is CCOc1cc(/C=N\Nc2ccc(C(F)(F)F)cn2)cc(Br)c1OCc1cccc(C)c1. The zero-order valence-electron chi connectivity index (χ0n) is 17.4. The van der Waals surface area contributed by atoms with Gasteiger partial charge in [-0.1, -0.05) is 29.8 Å². The van der Waals surface area contributed by atoms with Crippen LogP contribution in [-0.4, -0.2) is 17.8 Å². The standard InChI is InChI=1S/C23H21BrF3N3O2/c1-3-31-20-11-17(12-29-30-21-8-7-18(13-28-21)23(25,26)27)10-19(24)22(20)32-14-16-6-4-5-15(2)9-16/h4-13H,3,14H2,1-2H3,(H,28,30)/b29-12-. The number of anilines is 1. The smallest absolute Gasteiger partial charge is 0.417 e. The molecule has 0 saturated heterocycles. The minimum absolute atomic E-state index is 0.191. The molecule has 0 fully saturated rings. The van der Waals surface area contributed by atoms with Crippen molar-refractivity contribution in [1.29, 1.82) is 0 Å². The number of rotatable bonds is 8. The molecule has 0 aliphatic rings. The molecular weight excluding hydrogens is 487 g/mol. The molecule has 0 aliphatic carbocycles. The maximum atomic E-state index is 12.6. The lowest BCUT2D eigenvalue weighted by Gasteiger charge is -2.15. The van der Waals surface area contributed by atoms with E-state index < -0.39 is 11.7 Å². The molecule has 0 unspecified atom stereocenters. The Bertz CT molecular complexity index is 1090. The molecule has 5 nitrogen and oxygen atoms in total. The Morgan fingerprint density at radius 3 is 2.59 bits per heavy atom. The lowest BCUT2D eigenvalue weighted by molar-refractivity contribution is -0.137. The van der Waals surface area contributed by atoms with E-state index >= 15 is 0 Å². The van der Waals surface area contributed by atoms with E-state index in [1.165, 1.54) is 12.3 Å². The summed E-state index contributed by atoms with van der Waals surface area (Å²) in [6.07, 6.45) is -2.17. The van der Waals surface area contributed by atoms with Gasteiger partial charge in [0.1, 0.15) is 12.4 Å². The van der Waals surface area contributed by atoms with Crippen molar-refractivity contribution in [1.82, 2.24) is 4.98 Å². The van der Waals surface area contributed by atoms with Gasteiger partial charge < -0.3 is 9.47 Å². The Morgan fingerprint density at radius 2 is 1.94 bits per heavy atom. The van der Waals surface area contributed by atoms with Crippen LogP contribution in [0.4, 0.5) is 19.0 Å². The van der Waals surface area contributed by atoms with Crippen LogP contribution in [0.15, 0.2) is 64.3 Å². The summed E-state index contributed by atoms with van der Waals surface area (Å²) in [6, 6.07) is 13.8. The summed E-state index contributed by atoms with van der Waals surface area (Å²) in [5, 5.41) is 4.04. The molecule has 0 aliphatic heterocycles. The summed E-state index contributed by atoms with van der Waals surface area (Å²) in [5.74, 6) is 1.31. The van der Waals surface area contributed by atoms with Gasteiger partial charge in [-0.05, 0) is 65.2 Å². The Morgan fingerprint density at radius 1 is 1.12 bits per heavy atom. The van der Waals surface area contributed by atoms with Gasteiger partial charge in [0.25, 0.3) is 0 Å². The zero-order valence-corrected chi connectivity index (χ0v) is 19.0. The first-order chi connectivity index (χ1) is 15.3. The van der Waals surface area contributed by atoms with Crippen LogP contribution in [0.5, 0.6) is 11.5 Å². The van der Waals surface area contributed by atoms with Crippen LogP contribution in [0.25, 0.3) is 0 Å². The quantitative estimate of drug-likeness (QED) is 0.275. The number of benzene rings is 2. The van der Waals surface area contributed by atoms with Crippen molar-refractivity contribution in [3.05, 3.63) is 81.5 Å². The number of aryl methyl sites for hydroxylation is 1. The van der Waals surface area contributed by atoms with Crippen LogP contribution in [-0.2, 0) is 12.8 Å². The lowest BCUT2D eigenvalue weighted by atomic mass is 10.1. The van der Waals surface area contributed by atoms with Gasteiger partial charge in [-0.15, -0.1) is 0 Å². The second-order valence-electron chi connectivity index (χ2n) is 6.84. The molecule has 1 aromatic heterocycles. The van der Waals surface area contributed by atoms with E-state index in [4.69, 9.17) is 9.47 Å². The van der Waals surface area contributed by atoms with E-state index in [-0.39, 0.29) is 5.82 Å². The van der Waals surface area contributed by atoms with Crippen LogP contribution in [0.1, 0.15) is 29.2 Å². The van der Waals surface area contributed by atoms with Crippen molar-refractivity contribution in [2.24, 2.45) is 5.10 Å². The Labute approximate surface area is 192 Å². The third kappa shape index (κ3) is 6.46. The second kappa shape index (κ2) is 10.5. The summed E-state index contributed by atoms with van der Waals surface area (Å²) >= 11 is 3.51. The van der Waals surface area contributed by atoms with E-state index in [9.17, 15) is 13.2 Å². The van der Waals surface area contributed by atoms with E-state index in [0.717, 1.165) is 23.4 Å². The topological polar surface area (TPSA) is 55.7 Å². The number of aromatic nitrogens is 1. The van der Waals surface area contributed by atoms with Gasteiger partial charge >= 0.3 is 6.18 Å². The summed E-state index contributed by atoms with van der Waals surface area (Å²) in [6.45, 7) is 4.72. The molecule has 0 atom stereocenters. The Balaban J connectivity index is 1.71. The highest BCUT2D eigenvalue weighted by Gasteiger charge is 2.30. The normalized spacial score (nSPS) is 11.6. The minimum Gasteiger partial charge on any atom is -0.490 e. The number of halogens is 4. The molecule has 2 aromatic carbocycles. The Kier molecular flexibility index (Phi) is 7.74. The molecule has 0 saturated carbocycles. The predicted molar refractivity (Wildman–Crippen MR) is 121 cm³/mol. The number of nitrogens with zero attached hydrogens (tertiary/aromatic N) is 2. The Hall–Kier alpha value is -3.07. The van der Waals surface area contributed by atoms with Crippen LogP contribution in [0.3, 0.4) is 0 Å². The molecule has 1 heterocycles.